The number of carbonyl (C=O) groups is 1. The summed E-state index contributed by atoms with van der Waals surface area (Å²) in [6, 6.07) is 14.8. The van der Waals surface area contributed by atoms with Gasteiger partial charge in [-0.05, 0) is 39.7 Å². The molecule has 0 spiro atoms. The number of benzene rings is 2. The zero-order valence-electron chi connectivity index (χ0n) is 11.3. The Balaban J connectivity index is 1.76. The fraction of sp³-hybridized carbons (Fsp3) is 0. The first-order valence-corrected chi connectivity index (χ1v) is 7.67. The molecule has 0 saturated heterocycles. The van der Waals surface area contributed by atoms with Gasteiger partial charge in [-0.3, -0.25) is 4.79 Å². The van der Waals surface area contributed by atoms with Gasteiger partial charge in [-0.25, -0.2) is 5.43 Å². The molecule has 3 aromatic rings. The van der Waals surface area contributed by atoms with Crippen LogP contribution in [0.5, 0.6) is 0 Å². The highest BCUT2D eigenvalue weighted by Crippen LogP contribution is 2.27. The zero-order chi connectivity index (χ0) is 15.5. The number of para-hydroxylation sites is 1. The molecule has 0 fully saturated rings. The molecule has 0 saturated carbocycles. The fourth-order valence-electron chi connectivity index (χ4n) is 2.03. The van der Waals surface area contributed by atoms with Crippen molar-refractivity contribution in [1.82, 2.24) is 10.4 Å². The molecule has 2 aromatic carbocycles. The molecule has 3 rings (SSSR count). The number of aromatic nitrogens is 1. The molecule has 0 radical (unpaired) electrons. The van der Waals surface area contributed by atoms with Crippen LogP contribution in [0, 0.1) is 0 Å². The van der Waals surface area contributed by atoms with Crippen molar-refractivity contribution in [3.05, 3.63) is 69.3 Å². The summed E-state index contributed by atoms with van der Waals surface area (Å²) >= 11 is 9.25. The minimum atomic E-state index is -0.312. The van der Waals surface area contributed by atoms with Gasteiger partial charge in [-0.15, -0.1) is 0 Å². The van der Waals surface area contributed by atoms with Crippen LogP contribution < -0.4 is 5.43 Å². The van der Waals surface area contributed by atoms with E-state index in [9.17, 15) is 4.79 Å². The summed E-state index contributed by atoms with van der Waals surface area (Å²) in [5.41, 5.74) is 4.68. The smallest absolute Gasteiger partial charge is 0.288 e. The van der Waals surface area contributed by atoms with Crippen LogP contribution in [-0.2, 0) is 0 Å². The number of carbonyl (C=O) groups excluding carboxylic acids is 1. The van der Waals surface area contributed by atoms with E-state index in [1.807, 2.05) is 36.4 Å². The molecule has 0 aliphatic rings. The molecule has 0 aliphatic heterocycles. The first-order chi connectivity index (χ1) is 10.6. The van der Waals surface area contributed by atoms with Crippen LogP contribution in [0.25, 0.3) is 10.9 Å². The summed E-state index contributed by atoms with van der Waals surface area (Å²) in [4.78, 5) is 15.2. The van der Waals surface area contributed by atoms with Crippen LogP contribution in [-0.4, -0.2) is 17.1 Å². The van der Waals surface area contributed by atoms with Gasteiger partial charge in [0.25, 0.3) is 5.91 Å². The summed E-state index contributed by atoms with van der Waals surface area (Å²) in [6.45, 7) is 0. The third-order valence-electron chi connectivity index (χ3n) is 3.12. The Bertz CT molecular complexity index is 855. The molecule has 0 aliphatic carbocycles. The highest BCUT2D eigenvalue weighted by Gasteiger charge is 2.14. The molecule has 0 atom stereocenters. The Kier molecular flexibility index (Phi) is 4.27. The quantitative estimate of drug-likeness (QED) is 0.518. The number of hydrogen-bond acceptors (Lipinski definition) is 2. The molecule has 4 nitrogen and oxygen atoms in total. The summed E-state index contributed by atoms with van der Waals surface area (Å²) in [5.74, 6) is -0.312. The molecular formula is C16H11BrClN3O. The molecule has 0 bridgehead atoms. The number of nitrogens with zero attached hydrogens (tertiary/aromatic N) is 1. The van der Waals surface area contributed by atoms with Gasteiger partial charge in [0, 0.05) is 15.9 Å². The number of aromatic amines is 1. The molecule has 1 amide bonds. The van der Waals surface area contributed by atoms with Gasteiger partial charge in [-0.2, -0.15) is 5.10 Å². The number of rotatable bonds is 3. The van der Waals surface area contributed by atoms with Crippen LogP contribution >= 0.6 is 27.5 Å². The third-order valence-corrected chi connectivity index (χ3v) is 4.20. The molecule has 6 heteroatoms. The predicted octanol–water partition coefficient (Wildman–Crippen LogP) is 4.35. The summed E-state index contributed by atoms with van der Waals surface area (Å²) < 4.78 is 0.724. The van der Waals surface area contributed by atoms with Crippen LogP contribution in [0.3, 0.4) is 0 Å². The number of nitrogens with one attached hydrogen (secondary N) is 2. The molecule has 1 heterocycles. The van der Waals surface area contributed by atoms with E-state index in [-0.39, 0.29) is 5.91 Å². The second-order valence-corrected chi connectivity index (χ2v) is 5.84. The normalized spacial score (nSPS) is 11.2. The van der Waals surface area contributed by atoms with Gasteiger partial charge in [0.05, 0.1) is 10.7 Å². The number of hydrogen-bond donors (Lipinski definition) is 2. The fourth-order valence-corrected chi connectivity index (χ4v) is 2.79. The van der Waals surface area contributed by atoms with E-state index in [2.05, 4.69) is 31.4 Å². The molecular weight excluding hydrogens is 366 g/mol. The first kappa shape index (κ1) is 14.8. The summed E-state index contributed by atoms with van der Waals surface area (Å²) in [7, 11) is 0. The number of H-pyrrole nitrogens is 1. The molecule has 2 N–H and O–H groups in total. The summed E-state index contributed by atoms with van der Waals surface area (Å²) in [6.07, 6.45) is 1.56. The van der Waals surface area contributed by atoms with Crippen molar-refractivity contribution in [2.24, 2.45) is 5.10 Å². The highest BCUT2D eigenvalue weighted by molar-refractivity contribution is 9.10. The maximum atomic E-state index is 12.2. The lowest BCUT2D eigenvalue weighted by molar-refractivity contribution is 0.0950. The van der Waals surface area contributed by atoms with Crippen LogP contribution in [0.15, 0.2) is 58.1 Å². The van der Waals surface area contributed by atoms with Crippen molar-refractivity contribution in [3.8, 4) is 0 Å². The van der Waals surface area contributed by atoms with Gasteiger partial charge < -0.3 is 4.98 Å². The van der Waals surface area contributed by atoms with Gasteiger partial charge in [-0.1, -0.05) is 41.9 Å². The summed E-state index contributed by atoms with van der Waals surface area (Å²) in [5, 5.41) is 5.56. The number of halogens is 2. The Morgan fingerprint density at radius 3 is 2.64 bits per heavy atom. The van der Waals surface area contributed by atoms with Crippen molar-refractivity contribution < 1.29 is 4.79 Å². The lowest BCUT2D eigenvalue weighted by Crippen LogP contribution is -2.18. The average molecular weight is 377 g/mol. The van der Waals surface area contributed by atoms with Crippen LogP contribution in [0.1, 0.15) is 16.1 Å². The minimum Gasteiger partial charge on any atom is -0.350 e. The van der Waals surface area contributed by atoms with Crippen molar-refractivity contribution in [2.75, 3.05) is 0 Å². The monoisotopic (exact) mass is 375 g/mol. The van der Waals surface area contributed by atoms with Crippen molar-refractivity contribution in [1.29, 1.82) is 0 Å². The number of fused-ring (bicyclic) bond motifs is 1. The Hall–Kier alpha value is -2.11. The van der Waals surface area contributed by atoms with Gasteiger partial charge in [0.15, 0.2) is 0 Å². The molecule has 1 aromatic heterocycles. The standard InChI is InChI=1S/C16H11BrClN3O/c17-14-12-3-1-2-4-13(12)20-15(14)16(22)21-19-9-10-5-7-11(18)8-6-10/h1-9,20H,(H,21,22)/b19-9+. The lowest BCUT2D eigenvalue weighted by atomic mass is 10.2. The van der Waals surface area contributed by atoms with Crippen molar-refractivity contribution in [3.63, 3.8) is 0 Å². The van der Waals surface area contributed by atoms with Crippen LogP contribution in [0.4, 0.5) is 0 Å². The topological polar surface area (TPSA) is 57.2 Å². The molecule has 110 valence electrons. The van der Waals surface area contributed by atoms with Crippen molar-refractivity contribution >= 4 is 50.6 Å². The number of hydrazone groups is 1. The lowest BCUT2D eigenvalue weighted by Gasteiger charge is -1.98. The van der Waals surface area contributed by atoms with Gasteiger partial charge in [0.2, 0.25) is 0 Å². The van der Waals surface area contributed by atoms with Crippen LogP contribution in [0.2, 0.25) is 5.02 Å². The van der Waals surface area contributed by atoms with E-state index in [1.54, 1.807) is 18.3 Å². The SMILES string of the molecule is O=C(N/N=C/c1ccc(Cl)cc1)c1[nH]c2ccccc2c1Br. The Morgan fingerprint density at radius 1 is 1.18 bits per heavy atom. The largest absolute Gasteiger partial charge is 0.350 e. The minimum absolute atomic E-state index is 0.312. The third kappa shape index (κ3) is 3.05. The maximum absolute atomic E-state index is 12.2. The number of amides is 1. The Labute approximate surface area is 140 Å². The maximum Gasteiger partial charge on any atom is 0.288 e. The van der Waals surface area contributed by atoms with E-state index in [0.29, 0.717) is 10.7 Å². The predicted molar refractivity (Wildman–Crippen MR) is 92.5 cm³/mol. The first-order valence-electron chi connectivity index (χ1n) is 6.50. The van der Waals surface area contributed by atoms with Crippen molar-refractivity contribution in [2.45, 2.75) is 0 Å². The molecule has 0 unspecified atom stereocenters. The molecule has 22 heavy (non-hydrogen) atoms. The second-order valence-electron chi connectivity index (χ2n) is 4.61. The average Bonchev–Trinajstić information content (AvgIpc) is 2.87. The van der Waals surface area contributed by atoms with E-state index in [4.69, 9.17) is 11.6 Å². The van der Waals surface area contributed by atoms with E-state index < -0.39 is 0 Å². The van der Waals surface area contributed by atoms with E-state index in [0.717, 1.165) is 20.9 Å². The van der Waals surface area contributed by atoms with E-state index in [1.165, 1.54) is 0 Å². The zero-order valence-corrected chi connectivity index (χ0v) is 13.6. The van der Waals surface area contributed by atoms with E-state index >= 15 is 0 Å². The van der Waals surface area contributed by atoms with Gasteiger partial charge in [0.1, 0.15) is 5.69 Å². The Morgan fingerprint density at radius 2 is 1.91 bits per heavy atom. The second kappa shape index (κ2) is 6.34. The highest BCUT2D eigenvalue weighted by atomic mass is 79.9. The van der Waals surface area contributed by atoms with Gasteiger partial charge >= 0.3 is 0 Å².